The molecule has 0 bridgehead atoms. The maximum Gasteiger partial charge on any atom is 0.324 e. The van der Waals surface area contributed by atoms with Crippen LogP contribution >= 0.6 is 0 Å². The first kappa shape index (κ1) is 9.50. The van der Waals surface area contributed by atoms with Gasteiger partial charge in [0.25, 0.3) is 5.91 Å². The van der Waals surface area contributed by atoms with Crippen molar-refractivity contribution in [3.05, 3.63) is 0 Å². The molecule has 1 heterocycles. The summed E-state index contributed by atoms with van der Waals surface area (Å²) in [7, 11) is 0. The molecule has 1 aliphatic heterocycles. The molecule has 0 aromatic rings. The fourth-order valence-corrected chi connectivity index (χ4v) is 1.12. The second-order valence-corrected chi connectivity index (χ2v) is 2.88. The number of amides is 4. The van der Waals surface area contributed by atoms with Crippen molar-refractivity contribution >= 4 is 17.8 Å². The third-order valence-corrected chi connectivity index (χ3v) is 1.94. The number of nitrogens with zero attached hydrogens (tertiary/aromatic N) is 1. The molecule has 72 valence electrons. The number of imide groups is 1. The predicted octanol–water partition coefficient (Wildman–Crippen LogP) is -1.20. The van der Waals surface area contributed by atoms with E-state index in [2.05, 4.69) is 5.32 Å². The lowest BCUT2D eigenvalue weighted by atomic mass is 10.3. The SMILES string of the molecule is CC1C(=O)NC(=O)N1CCC(N)=O. The van der Waals surface area contributed by atoms with Crippen LogP contribution in [0.5, 0.6) is 0 Å². The first-order chi connectivity index (χ1) is 6.02. The van der Waals surface area contributed by atoms with Crippen LogP contribution in [0.3, 0.4) is 0 Å². The van der Waals surface area contributed by atoms with E-state index < -0.39 is 18.0 Å². The van der Waals surface area contributed by atoms with Crippen LogP contribution in [0.2, 0.25) is 0 Å². The Labute approximate surface area is 75.1 Å². The van der Waals surface area contributed by atoms with Gasteiger partial charge in [-0.05, 0) is 6.92 Å². The topological polar surface area (TPSA) is 92.5 Å². The summed E-state index contributed by atoms with van der Waals surface area (Å²) in [4.78, 5) is 33.7. The highest BCUT2D eigenvalue weighted by Crippen LogP contribution is 2.07. The molecule has 0 aliphatic carbocycles. The number of primary amides is 1. The van der Waals surface area contributed by atoms with E-state index in [1.165, 1.54) is 4.90 Å². The molecule has 1 atom stereocenters. The van der Waals surface area contributed by atoms with Crippen LogP contribution < -0.4 is 11.1 Å². The Hall–Kier alpha value is -1.59. The highest BCUT2D eigenvalue weighted by Gasteiger charge is 2.34. The molecule has 6 nitrogen and oxygen atoms in total. The Kier molecular flexibility index (Phi) is 2.50. The van der Waals surface area contributed by atoms with Gasteiger partial charge in [-0.1, -0.05) is 0 Å². The van der Waals surface area contributed by atoms with E-state index in [1.54, 1.807) is 6.92 Å². The normalized spacial score (nSPS) is 21.9. The van der Waals surface area contributed by atoms with Gasteiger partial charge in [0.1, 0.15) is 6.04 Å². The van der Waals surface area contributed by atoms with Crippen LogP contribution in [0.25, 0.3) is 0 Å². The summed E-state index contributed by atoms with van der Waals surface area (Å²) >= 11 is 0. The van der Waals surface area contributed by atoms with Crippen molar-refractivity contribution in [1.29, 1.82) is 0 Å². The molecule has 1 unspecified atom stereocenters. The van der Waals surface area contributed by atoms with Crippen LogP contribution in [0.1, 0.15) is 13.3 Å². The van der Waals surface area contributed by atoms with Crippen molar-refractivity contribution < 1.29 is 14.4 Å². The second kappa shape index (κ2) is 3.42. The summed E-state index contributed by atoms with van der Waals surface area (Å²) in [5, 5.41) is 2.14. The largest absolute Gasteiger partial charge is 0.370 e. The summed E-state index contributed by atoms with van der Waals surface area (Å²) < 4.78 is 0. The lowest BCUT2D eigenvalue weighted by Crippen LogP contribution is -2.35. The van der Waals surface area contributed by atoms with Gasteiger partial charge in [0, 0.05) is 13.0 Å². The van der Waals surface area contributed by atoms with Crippen LogP contribution in [0, 0.1) is 0 Å². The van der Waals surface area contributed by atoms with E-state index in [0.717, 1.165) is 0 Å². The van der Waals surface area contributed by atoms with Gasteiger partial charge in [0.15, 0.2) is 0 Å². The zero-order valence-corrected chi connectivity index (χ0v) is 7.24. The number of nitrogens with two attached hydrogens (primary N) is 1. The number of hydrogen-bond acceptors (Lipinski definition) is 3. The van der Waals surface area contributed by atoms with E-state index in [4.69, 9.17) is 5.73 Å². The van der Waals surface area contributed by atoms with Gasteiger partial charge in [-0.25, -0.2) is 4.79 Å². The number of carbonyl (C=O) groups is 3. The van der Waals surface area contributed by atoms with Gasteiger partial charge in [-0.3, -0.25) is 14.9 Å². The summed E-state index contributed by atoms with van der Waals surface area (Å²) in [6, 6.07) is -0.967. The van der Waals surface area contributed by atoms with Crippen molar-refractivity contribution in [1.82, 2.24) is 10.2 Å². The van der Waals surface area contributed by atoms with Crippen LogP contribution in [-0.2, 0) is 9.59 Å². The highest BCUT2D eigenvalue weighted by atomic mass is 16.2. The molecular formula is C7H11N3O3. The van der Waals surface area contributed by atoms with Gasteiger partial charge in [-0.15, -0.1) is 0 Å². The van der Waals surface area contributed by atoms with Crippen molar-refractivity contribution in [2.75, 3.05) is 6.54 Å². The van der Waals surface area contributed by atoms with E-state index in [1.807, 2.05) is 0 Å². The standard InChI is InChI=1S/C7H11N3O3/c1-4-6(12)9-7(13)10(4)3-2-5(8)11/h4H,2-3H2,1H3,(H2,8,11)(H,9,12,13). The van der Waals surface area contributed by atoms with Gasteiger partial charge in [-0.2, -0.15) is 0 Å². The number of rotatable bonds is 3. The minimum absolute atomic E-state index is 0.0744. The zero-order chi connectivity index (χ0) is 10.0. The van der Waals surface area contributed by atoms with Crippen LogP contribution in [0.15, 0.2) is 0 Å². The minimum atomic E-state index is -0.508. The number of hydrogen-bond donors (Lipinski definition) is 2. The van der Waals surface area contributed by atoms with E-state index in [9.17, 15) is 14.4 Å². The Morgan fingerprint density at radius 1 is 1.62 bits per heavy atom. The summed E-state index contributed by atoms with van der Waals surface area (Å²) in [6.45, 7) is 1.79. The molecule has 1 aliphatic rings. The molecule has 0 aromatic carbocycles. The molecule has 4 amide bonds. The fraction of sp³-hybridized carbons (Fsp3) is 0.571. The molecule has 0 spiro atoms. The van der Waals surface area contributed by atoms with E-state index >= 15 is 0 Å². The molecule has 6 heteroatoms. The highest BCUT2D eigenvalue weighted by molar-refractivity contribution is 6.03. The van der Waals surface area contributed by atoms with Crippen LogP contribution in [-0.4, -0.2) is 35.3 Å². The Bertz CT molecular complexity index is 264. The Morgan fingerprint density at radius 3 is 2.62 bits per heavy atom. The average molecular weight is 185 g/mol. The Morgan fingerprint density at radius 2 is 2.23 bits per heavy atom. The third kappa shape index (κ3) is 1.95. The minimum Gasteiger partial charge on any atom is -0.370 e. The van der Waals surface area contributed by atoms with Crippen molar-refractivity contribution in [2.24, 2.45) is 5.73 Å². The average Bonchev–Trinajstić information content (AvgIpc) is 2.24. The van der Waals surface area contributed by atoms with Crippen molar-refractivity contribution in [3.63, 3.8) is 0 Å². The number of nitrogens with one attached hydrogen (secondary N) is 1. The molecule has 0 radical (unpaired) electrons. The van der Waals surface area contributed by atoms with Crippen LogP contribution in [0.4, 0.5) is 4.79 Å². The number of carbonyl (C=O) groups excluding carboxylic acids is 3. The fourth-order valence-electron chi connectivity index (χ4n) is 1.12. The molecule has 0 saturated carbocycles. The van der Waals surface area contributed by atoms with Gasteiger partial charge in [0.05, 0.1) is 0 Å². The van der Waals surface area contributed by atoms with Crippen molar-refractivity contribution in [3.8, 4) is 0 Å². The van der Waals surface area contributed by atoms with Crippen molar-refractivity contribution in [2.45, 2.75) is 19.4 Å². The molecule has 3 N–H and O–H groups in total. The van der Waals surface area contributed by atoms with E-state index in [-0.39, 0.29) is 18.9 Å². The molecule has 1 saturated heterocycles. The first-order valence-electron chi connectivity index (χ1n) is 3.92. The smallest absolute Gasteiger partial charge is 0.324 e. The summed E-state index contributed by atoms with van der Waals surface area (Å²) in [6.07, 6.45) is 0.0744. The molecule has 13 heavy (non-hydrogen) atoms. The summed E-state index contributed by atoms with van der Waals surface area (Å²) in [5.41, 5.74) is 4.91. The molecule has 1 fully saturated rings. The number of urea groups is 1. The first-order valence-corrected chi connectivity index (χ1v) is 3.92. The van der Waals surface area contributed by atoms with Gasteiger partial charge in [0.2, 0.25) is 5.91 Å². The maximum atomic E-state index is 11.0. The zero-order valence-electron chi connectivity index (χ0n) is 7.24. The second-order valence-electron chi connectivity index (χ2n) is 2.88. The maximum absolute atomic E-state index is 11.0. The molecular weight excluding hydrogens is 174 g/mol. The third-order valence-electron chi connectivity index (χ3n) is 1.94. The summed E-state index contributed by atoms with van der Waals surface area (Å²) in [5.74, 6) is -0.825. The predicted molar refractivity (Wildman–Crippen MR) is 43.5 cm³/mol. The monoisotopic (exact) mass is 185 g/mol. The van der Waals surface area contributed by atoms with Gasteiger partial charge >= 0.3 is 6.03 Å². The van der Waals surface area contributed by atoms with Gasteiger partial charge < -0.3 is 10.6 Å². The Balaban J connectivity index is 2.54. The molecule has 0 aromatic heterocycles. The molecule has 1 rings (SSSR count). The lowest BCUT2D eigenvalue weighted by Gasteiger charge is -2.16. The quantitative estimate of drug-likeness (QED) is 0.541. The van der Waals surface area contributed by atoms with E-state index in [0.29, 0.717) is 0 Å². The lowest BCUT2D eigenvalue weighted by molar-refractivity contribution is -0.122.